The zero-order valence-corrected chi connectivity index (χ0v) is 11.4. The lowest BCUT2D eigenvalue weighted by atomic mass is 10.0. The molecule has 1 N–H and O–H groups in total. The Bertz CT molecular complexity index is 718. The standard InChI is InChI=1S/C16H14FNS/c1-18-9-11-8-16(19-10-11)14-6-7-15(17)13-5-3-2-4-12(13)14/h2-8,10,18H,9H2,1H3. The number of benzene rings is 2. The van der Waals surface area contributed by atoms with Gasteiger partial charge in [-0.15, -0.1) is 11.3 Å². The third kappa shape index (κ3) is 2.27. The predicted octanol–water partition coefficient (Wildman–Crippen LogP) is 4.43. The maximum absolute atomic E-state index is 13.8. The van der Waals surface area contributed by atoms with E-state index >= 15 is 0 Å². The Labute approximate surface area is 115 Å². The van der Waals surface area contributed by atoms with E-state index in [9.17, 15) is 4.39 Å². The molecule has 0 saturated heterocycles. The normalized spacial score (nSPS) is 11.1. The highest BCUT2D eigenvalue weighted by atomic mass is 32.1. The van der Waals surface area contributed by atoms with Gasteiger partial charge in [0, 0.05) is 16.8 Å². The molecule has 0 saturated carbocycles. The molecular weight excluding hydrogens is 257 g/mol. The van der Waals surface area contributed by atoms with Crippen molar-refractivity contribution in [3.8, 4) is 10.4 Å². The topological polar surface area (TPSA) is 12.0 Å². The van der Waals surface area contributed by atoms with Gasteiger partial charge in [0.25, 0.3) is 0 Å². The number of fused-ring (bicyclic) bond motifs is 1. The molecule has 3 rings (SSSR count). The van der Waals surface area contributed by atoms with Crippen LogP contribution in [0.25, 0.3) is 21.2 Å². The molecule has 3 heteroatoms. The molecule has 0 fully saturated rings. The second-order valence-electron chi connectivity index (χ2n) is 4.49. The Hall–Kier alpha value is -1.71. The van der Waals surface area contributed by atoms with Gasteiger partial charge in [-0.3, -0.25) is 0 Å². The Morgan fingerprint density at radius 2 is 1.89 bits per heavy atom. The first-order chi connectivity index (χ1) is 9.29. The quantitative estimate of drug-likeness (QED) is 0.743. The Balaban J connectivity index is 2.16. The van der Waals surface area contributed by atoms with Crippen LogP contribution in [0.3, 0.4) is 0 Å². The highest BCUT2D eigenvalue weighted by molar-refractivity contribution is 7.13. The first-order valence-corrected chi connectivity index (χ1v) is 7.07. The van der Waals surface area contributed by atoms with Crippen LogP contribution in [0.5, 0.6) is 0 Å². The van der Waals surface area contributed by atoms with Crippen molar-refractivity contribution in [1.82, 2.24) is 5.32 Å². The van der Waals surface area contributed by atoms with Crippen LogP contribution in [0.2, 0.25) is 0 Å². The number of hydrogen-bond donors (Lipinski definition) is 1. The van der Waals surface area contributed by atoms with E-state index in [1.54, 1.807) is 17.4 Å². The van der Waals surface area contributed by atoms with E-state index in [-0.39, 0.29) is 5.82 Å². The lowest BCUT2D eigenvalue weighted by Gasteiger charge is -2.05. The lowest BCUT2D eigenvalue weighted by molar-refractivity contribution is 0.640. The summed E-state index contributed by atoms with van der Waals surface area (Å²) >= 11 is 1.70. The first-order valence-electron chi connectivity index (χ1n) is 6.19. The van der Waals surface area contributed by atoms with Crippen LogP contribution >= 0.6 is 11.3 Å². The van der Waals surface area contributed by atoms with E-state index < -0.39 is 0 Å². The summed E-state index contributed by atoms with van der Waals surface area (Å²) in [6.45, 7) is 0.857. The zero-order chi connectivity index (χ0) is 13.2. The fraction of sp³-hybridized carbons (Fsp3) is 0.125. The molecule has 2 aromatic carbocycles. The van der Waals surface area contributed by atoms with Crippen LogP contribution in [0.4, 0.5) is 4.39 Å². The van der Waals surface area contributed by atoms with Crippen LogP contribution < -0.4 is 5.32 Å². The summed E-state index contributed by atoms with van der Waals surface area (Å²) in [6.07, 6.45) is 0. The fourth-order valence-corrected chi connectivity index (χ4v) is 3.24. The SMILES string of the molecule is CNCc1csc(-c2ccc(F)c3ccccc23)c1. The number of thiophene rings is 1. The Morgan fingerprint density at radius 1 is 1.11 bits per heavy atom. The van der Waals surface area contributed by atoms with Gasteiger partial charge in [-0.25, -0.2) is 4.39 Å². The molecule has 0 bridgehead atoms. The summed E-state index contributed by atoms with van der Waals surface area (Å²) in [7, 11) is 1.94. The van der Waals surface area contributed by atoms with Gasteiger partial charge in [0.05, 0.1) is 0 Å². The second-order valence-corrected chi connectivity index (χ2v) is 5.40. The molecule has 0 unspecified atom stereocenters. The molecule has 0 aliphatic rings. The van der Waals surface area contributed by atoms with Gasteiger partial charge in [0.2, 0.25) is 0 Å². The molecule has 19 heavy (non-hydrogen) atoms. The van der Waals surface area contributed by atoms with E-state index in [0.717, 1.165) is 17.5 Å². The predicted molar refractivity (Wildman–Crippen MR) is 80.0 cm³/mol. The maximum Gasteiger partial charge on any atom is 0.131 e. The molecule has 96 valence electrons. The van der Waals surface area contributed by atoms with Crippen molar-refractivity contribution in [3.05, 3.63) is 59.2 Å². The Kier molecular flexibility index (Phi) is 3.32. The summed E-state index contributed by atoms with van der Waals surface area (Å²) in [5, 5.41) is 6.94. The van der Waals surface area contributed by atoms with Crippen molar-refractivity contribution in [1.29, 1.82) is 0 Å². The molecule has 0 aliphatic heterocycles. The molecule has 1 heterocycles. The highest BCUT2D eigenvalue weighted by Crippen LogP contribution is 2.34. The van der Waals surface area contributed by atoms with Gasteiger partial charge in [-0.05, 0) is 41.1 Å². The van der Waals surface area contributed by atoms with Crippen LogP contribution in [0, 0.1) is 5.82 Å². The minimum Gasteiger partial charge on any atom is -0.316 e. The van der Waals surface area contributed by atoms with Gasteiger partial charge in [-0.1, -0.05) is 30.3 Å². The van der Waals surface area contributed by atoms with Crippen molar-refractivity contribution >= 4 is 22.1 Å². The summed E-state index contributed by atoms with van der Waals surface area (Å²) in [5.74, 6) is -0.161. The lowest BCUT2D eigenvalue weighted by Crippen LogP contribution is -2.03. The van der Waals surface area contributed by atoms with Crippen molar-refractivity contribution < 1.29 is 4.39 Å². The zero-order valence-electron chi connectivity index (χ0n) is 10.6. The fourth-order valence-electron chi connectivity index (χ4n) is 2.29. The summed E-state index contributed by atoms with van der Waals surface area (Å²) in [4.78, 5) is 1.18. The van der Waals surface area contributed by atoms with Crippen molar-refractivity contribution in [2.75, 3.05) is 7.05 Å². The van der Waals surface area contributed by atoms with Crippen molar-refractivity contribution in [3.63, 3.8) is 0 Å². The van der Waals surface area contributed by atoms with Crippen LogP contribution in [-0.2, 0) is 6.54 Å². The van der Waals surface area contributed by atoms with E-state index in [2.05, 4.69) is 16.8 Å². The summed E-state index contributed by atoms with van der Waals surface area (Å²) in [5.41, 5.74) is 2.36. The minimum atomic E-state index is -0.161. The van der Waals surface area contributed by atoms with Gasteiger partial charge >= 0.3 is 0 Å². The van der Waals surface area contributed by atoms with E-state index in [4.69, 9.17) is 0 Å². The Morgan fingerprint density at radius 3 is 2.68 bits per heavy atom. The molecular formula is C16H14FNS. The molecule has 1 nitrogen and oxygen atoms in total. The third-order valence-corrected chi connectivity index (χ3v) is 4.18. The van der Waals surface area contributed by atoms with Gasteiger partial charge in [0.15, 0.2) is 0 Å². The monoisotopic (exact) mass is 271 g/mol. The first kappa shape index (κ1) is 12.3. The van der Waals surface area contributed by atoms with Gasteiger partial charge < -0.3 is 5.32 Å². The molecule has 0 amide bonds. The van der Waals surface area contributed by atoms with Crippen molar-refractivity contribution in [2.24, 2.45) is 0 Å². The van der Waals surface area contributed by atoms with Crippen LogP contribution in [0.1, 0.15) is 5.56 Å². The minimum absolute atomic E-state index is 0.161. The number of hydrogen-bond acceptors (Lipinski definition) is 2. The van der Waals surface area contributed by atoms with E-state index in [1.807, 2.05) is 37.4 Å². The summed E-state index contributed by atoms with van der Waals surface area (Å²) in [6, 6.07) is 13.2. The second kappa shape index (κ2) is 5.11. The molecule has 3 aromatic rings. The van der Waals surface area contributed by atoms with E-state index in [0.29, 0.717) is 5.39 Å². The van der Waals surface area contributed by atoms with E-state index in [1.165, 1.54) is 10.4 Å². The highest BCUT2D eigenvalue weighted by Gasteiger charge is 2.09. The molecule has 0 aliphatic carbocycles. The third-order valence-electron chi connectivity index (χ3n) is 3.17. The average molecular weight is 271 g/mol. The number of halogens is 1. The van der Waals surface area contributed by atoms with Crippen LogP contribution in [0.15, 0.2) is 47.8 Å². The maximum atomic E-state index is 13.8. The summed E-state index contributed by atoms with van der Waals surface area (Å²) < 4.78 is 13.8. The number of rotatable bonds is 3. The van der Waals surface area contributed by atoms with Crippen molar-refractivity contribution in [2.45, 2.75) is 6.54 Å². The largest absolute Gasteiger partial charge is 0.316 e. The molecule has 0 spiro atoms. The smallest absolute Gasteiger partial charge is 0.131 e. The van der Waals surface area contributed by atoms with Gasteiger partial charge in [0.1, 0.15) is 5.82 Å². The molecule has 0 radical (unpaired) electrons. The average Bonchev–Trinajstić information content (AvgIpc) is 2.88. The van der Waals surface area contributed by atoms with Crippen LogP contribution in [-0.4, -0.2) is 7.05 Å². The molecule has 1 aromatic heterocycles. The van der Waals surface area contributed by atoms with Gasteiger partial charge in [-0.2, -0.15) is 0 Å². The number of nitrogens with one attached hydrogen (secondary N) is 1. The molecule has 0 atom stereocenters.